The van der Waals surface area contributed by atoms with Gasteiger partial charge in [0.25, 0.3) is 0 Å². The number of alkyl halides is 3. The molecule has 2 rings (SSSR count). The predicted octanol–water partition coefficient (Wildman–Crippen LogP) is 2.63. The normalized spacial score (nSPS) is 17.1. The average Bonchev–Trinajstić information content (AvgIpc) is 2.46. The van der Waals surface area contributed by atoms with Crippen LogP contribution in [0.25, 0.3) is 0 Å². The summed E-state index contributed by atoms with van der Waals surface area (Å²) in [6.07, 6.45) is -2.33. The second-order valence-corrected chi connectivity index (χ2v) is 7.27. The lowest BCUT2D eigenvalue weighted by atomic mass is 10.1. The third-order valence-electron chi connectivity index (χ3n) is 3.45. The van der Waals surface area contributed by atoms with Crippen molar-refractivity contribution >= 4 is 15.7 Å². The van der Waals surface area contributed by atoms with E-state index in [1.807, 2.05) is 0 Å². The molecule has 5 nitrogen and oxygen atoms in total. The zero-order valence-electron chi connectivity index (χ0n) is 12.5. The van der Waals surface area contributed by atoms with Crippen LogP contribution in [0.15, 0.2) is 29.4 Å². The summed E-state index contributed by atoms with van der Waals surface area (Å²) in [5, 5.41) is 3.90. The van der Waals surface area contributed by atoms with Crippen molar-refractivity contribution in [2.75, 3.05) is 19.3 Å². The van der Waals surface area contributed by atoms with Crippen LogP contribution in [-0.2, 0) is 27.6 Å². The minimum atomic E-state index is -4.39. The zero-order chi connectivity index (χ0) is 17.1. The Balaban J connectivity index is 1.88. The van der Waals surface area contributed by atoms with Crippen molar-refractivity contribution in [3.05, 3.63) is 35.4 Å². The molecule has 1 aliphatic heterocycles. The molecule has 0 atom stereocenters. The summed E-state index contributed by atoms with van der Waals surface area (Å²) in [5.74, 6) is 0. The zero-order valence-corrected chi connectivity index (χ0v) is 13.3. The van der Waals surface area contributed by atoms with E-state index < -0.39 is 21.8 Å². The van der Waals surface area contributed by atoms with Gasteiger partial charge in [0.1, 0.15) is 6.61 Å². The molecule has 1 saturated heterocycles. The molecule has 1 heterocycles. The van der Waals surface area contributed by atoms with Gasteiger partial charge < -0.3 is 4.84 Å². The van der Waals surface area contributed by atoms with Gasteiger partial charge in [-0.3, -0.25) is 0 Å². The second kappa shape index (κ2) is 6.88. The van der Waals surface area contributed by atoms with E-state index in [-0.39, 0.29) is 6.61 Å². The first-order chi connectivity index (χ1) is 10.7. The van der Waals surface area contributed by atoms with Crippen molar-refractivity contribution in [2.24, 2.45) is 5.16 Å². The van der Waals surface area contributed by atoms with Crippen LogP contribution in [0.4, 0.5) is 13.2 Å². The van der Waals surface area contributed by atoms with Crippen LogP contribution < -0.4 is 0 Å². The predicted molar refractivity (Wildman–Crippen MR) is 79.3 cm³/mol. The molecule has 0 unspecified atom stereocenters. The van der Waals surface area contributed by atoms with E-state index in [4.69, 9.17) is 4.84 Å². The van der Waals surface area contributed by atoms with Crippen molar-refractivity contribution in [3.8, 4) is 0 Å². The summed E-state index contributed by atoms with van der Waals surface area (Å²) < 4.78 is 61.9. The minimum Gasteiger partial charge on any atom is -0.391 e. The van der Waals surface area contributed by atoms with Gasteiger partial charge in [-0.2, -0.15) is 13.2 Å². The average molecular weight is 350 g/mol. The van der Waals surface area contributed by atoms with E-state index in [9.17, 15) is 21.6 Å². The number of halogens is 3. The van der Waals surface area contributed by atoms with Crippen molar-refractivity contribution in [1.82, 2.24) is 4.31 Å². The van der Waals surface area contributed by atoms with Gasteiger partial charge in [-0.1, -0.05) is 17.3 Å². The quantitative estimate of drug-likeness (QED) is 0.785. The van der Waals surface area contributed by atoms with Gasteiger partial charge in [-0.25, -0.2) is 12.7 Å². The lowest BCUT2D eigenvalue weighted by Gasteiger charge is -2.24. The first-order valence-electron chi connectivity index (χ1n) is 6.95. The standard InChI is InChI=1S/C14H17F3N2O3S/c1-23(20,21)19-7-5-13(6-8-19)18-22-10-11-3-2-4-12(9-11)14(15,16)17/h2-4,9H,5-8,10H2,1H3. The highest BCUT2D eigenvalue weighted by molar-refractivity contribution is 7.88. The smallest absolute Gasteiger partial charge is 0.391 e. The molecule has 0 aliphatic carbocycles. The summed E-state index contributed by atoms with van der Waals surface area (Å²) in [6.45, 7) is 0.610. The third-order valence-corrected chi connectivity index (χ3v) is 4.75. The molecule has 23 heavy (non-hydrogen) atoms. The highest BCUT2D eigenvalue weighted by atomic mass is 32.2. The lowest BCUT2D eigenvalue weighted by molar-refractivity contribution is -0.137. The Labute approximate surface area is 132 Å². The molecule has 0 saturated carbocycles. The fourth-order valence-corrected chi connectivity index (χ4v) is 3.05. The molecular formula is C14H17F3N2O3S. The maximum Gasteiger partial charge on any atom is 0.416 e. The number of nitrogens with zero attached hydrogens (tertiary/aromatic N) is 2. The lowest BCUT2D eigenvalue weighted by Crippen LogP contribution is -2.37. The summed E-state index contributed by atoms with van der Waals surface area (Å²) in [4.78, 5) is 5.10. The Kier molecular flexibility index (Phi) is 5.30. The topological polar surface area (TPSA) is 59.0 Å². The van der Waals surface area contributed by atoms with Gasteiger partial charge in [0.15, 0.2) is 0 Å². The molecule has 0 spiro atoms. The van der Waals surface area contributed by atoms with E-state index in [0.29, 0.717) is 37.2 Å². The molecule has 0 bridgehead atoms. The molecule has 0 aromatic heterocycles. The maximum atomic E-state index is 12.6. The maximum absolute atomic E-state index is 12.6. The fourth-order valence-electron chi connectivity index (χ4n) is 2.20. The second-order valence-electron chi connectivity index (χ2n) is 5.29. The molecule has 0 amide bonds. The Morgan fingerprint density at radius 2 is 1.91 bits per heavy atom. The van der Waals surface area contributed by atoms with Crippen LogP contribution in [0, 0.1) is 0 Å². The number of benzene rings is 1. The van der Waals surface area contributed by atoms with Crippen LogP contribution in [0.3, 0.4) is 0 Å². The van der Waals surface area contributed by atoms with Gasteiger partial charge >= 0.3 is 6.18 Å². The fraction of sp³-hybridized carbons (Fsp3) is 0.500. The molecule has 1 aromatic carbocycles. The van der Waals surface area contributed by atoms with Crippen molar-refractivity contribution in [3.63, 3.8) is 0 Å². The Hall–Kier alpha value is -1.61. The van der Waals surface area contributed by atoms with Gasteiger partial charge in [-0.15, -0.1) is 0 Å². The minimum absolute atomic E-state index is 0.0663. The summed E-state index contributed by atoms with van der Waals surface area (Å²) >= 11 is 0. The van der Waals surface area contributed by atoms with Gasteiger partial charge in [0.05, 0.1) is 17.5 Å². The Bertz CT molecular complexity index is 677. The van der Waals surface area contributed by atoms with E-state index in [0.717, 1.165) is 18.4 Å². The summed E-state index contributed by atoms with van der Waals surface area (Å²) in [7, 11) is -3.20. The Morgan fingerprint density at radius 3 is 2.48 bits per heavy atom. The first kappa shape index (κ1) is 17.7. The SMILES string of the molecule is CS(=O)(=O)N1CCC(=NOCc2cccc(C(F)(F)F)c2)CC1. The van der Waals surface area contributed by atoms with Crippen molar-refractivity contribution in [2.45, 2.75) is 25.6 Å². The number of hydrogen-bond donors (Lipinski definition) is 0. The number of oxime groups is 1. The van der Waals surface area contributed by atoms with Crippen LogP contribution in [0.1, 0.15) is 24.0 Å². The van der Waals surface area contributed by atoms with Gasteiger partial charge in [0.2, 0.25) is 10.0 Å². The van der Waals surface area contributed by atoms with E-state index in [1.54, 1.807) is 0 Å². The van der Waals surface area contributed by atoms with Gasteiger partial charge in [-0.05, 0) is 17.7 Å². The Morgan fingerprint density at radius 1 is 1.26 bits per heavy atom. The first-order valence-corrected chi connectivity index (χ1v) is 8.80. The van der Waals surface area contributed by atoms with Crippen molar-refractivity contribution in [1.29, 1.82) is 0 Å². The van der Waals surface area contributed by atoms with Crippen LogP contribution in [0.2, 0.25) is 0 Å². The number of sulfonamides is 1. The van der Waals surface area contributed by atoms with Crippen molar-refractivity contribution < 1.29 is 26.4 Å². The summed E-state index contributed by atoms with van der Waals surface area (Å²) in [5.41, 5.74) is 0.349. The van der Waals surface area contributed by atoms with Crippen LogP contribution in [0.5, 0.6) is 0 Å². The van der Waals surface area contributed by atoms with Crippen LogP contribution >= 0.6 is 0 Å². The summed E-state index contributed by atoms with van der Waals surface area (Å²) in [6, 6.07) is 4.86. The molecule has 1 aromatic rings. The van der Waals surface area contributed by atoms with Gasteiger partial charge in [0, 0.05) is 25.9 Å². The number of rotatable bonds is 4. The molecular weight excluding hydrogens is 333 g/mol. The number of piperidine rings is 1. The highest BCUT2D eigenvalue weighted by Gasteiger charge is 2.30. The highest BCUT2D eigenvalue weighted by Crippen LogP contribution is 2.29. The largest absolute Gasteiger partial charge is 0.416 e. The molecule has 1 fully saturated rings. The molecule has 128 valence electrons. The van der Waals surface area contributed by atoms with E-state index in [1.165, 1.54) is 16.4 Å². The third kappa shape index (κ3) is 5.21. The number of hydrogen-bond acceptors (Lipinski definition) is 4. The van der Waals surface area contributed by atoms with E-state index >= 15 is 0 Å². The van der Waals surface area contributed by atoms with E-state index in [2.05, 4.69) is 5.16 Å². The molecule has 9 heteroatoms. The molecule has 1 aliphatic rings. The molecule has 0 N–H and O–H groups in total. The monoisotopic (exact) mass is 350 g/mol. The molecule has 0 radical (unpaired) electrons. The van der Waals surface area contributed by atoms with Crippen LogP contribution in [-0.4, -0.2) is 37.8 Å².